The van der Waals surface area contributed by atoms with Crippen LogP contribution in [0.5, 0.6) is 0 Å². The van der Waals surface area contributed by atoms with Gasteiger partial charge < -0.3 is 5.01 Å². The van der Waals surface area contributed by atoms with Crippen LogP contribution in [0.1, 0.15) is 0 Å². The van der Waals surface area contributed by atoms with Crippen LogP contribution in [0.25, 0.3) is 0 Å². The molecule has 64 valence electrons. The van der Waals surface area contributed by atoms with Crippen molar-refractivity contribution in [2.75, 3.05) is 19.1 Å². The number of nitrogens with zero attached hydrogens (tertiary/aromatic N) is 2. The number of hydrogen-bond donors (Lipinski definition) is 1. The zero-order valence-corrected chi connectivity index (χ0v) is 7.41. The summed E-state index contributed by atoms with van der Waals surface area (Å²) in [7, 11) is 3.80. The summed E-state index contributed by atoms with van der Waals surface area (Å²) >= 11 is 0. The fourth-order valence-electron chi connectivity index (χ4n) is 1.00. The standard InChI is InChI=1S/C9H13N3/c1-10-8-6-4-5-7-9(8)12(3)11-2/h4-7,11H,1H2,2-3H3. The van der Waals surface area contributed by atoms with Gasteiger partial charge in [-0.2, -0.15) is 0 Å². The van der Waals surface area contributed by atoms with Gasteiger partial charge in [0, 0.05) is 14.1 Å². The van der Waals surface area contributed by atoms with Gasteiger partial charge in [0.2, 0.25) is 0 Å². The van der Waals surface area contributed by atoms with E-state index in [0.29, 0.717) is 0 Å². The Morgan fingerprint density at radius 2 is 2.08 bits per heavy atom. The lowest BCUT2D eigenvalue weighted by atomic mass is 10.2. The predicted molar refractivity (Wildman–Crippen MR) is 53.1 cm³/mol. The molecule has 0 saturated heterocycles. The van der Waals surface area contributed by atoms with Gasteiger partial charge in [-0.1, -0.05) is 12.1 Å². The zero-order chi connectivity index (χ0) is 8.97. The van der Waals surface area contributed by atoms with Crippen molar-refractivity contribution in [3.05, 3.63) is 24.3 Å². The first-order valence-corrected chi connectivity index (χ1v) is 3.76. The molecule has 0 spiro atoms. The SMILES string of the molecule is C=Nc1ccccc1N(C)NC. The van der Waals surface area contributed by atoms with Crippen LogP contribution in [0.4, 0.5) is 11.4 Å². The predicted octanol–water partition coefficient (Wildman–Crippen LogP) is 1.59. The average molecular weight is 163 g/mol. The molecule has 12 heavy (non-hydrogen) atoms. The third-order valence-electron chi connectivity index (χ3n) is 1.75. The molecule has 0 saturated carbocycles. The Kier molecular flexibility index (Phi) is 2.82. The average Bonchev–Trinajstić information content (AvgIpc) is 2.16. The Bertz CT molecular complexity index is 270. The van der Waals surface area contributed by atoms with E-state index in [1.807, 2.05) is 43.4 Å². The van der Waals surface area contributed by atoms with Gasteiger partial charge in [-0.05, 0) is 18.9 Å². The number of para-hydroxylation sites is 2. The maximum Gasteiger partial charge on any atom is 0.0869 e. The number of anilines is 1. The molecule has 0 aromatic heterocycles. The van der Waals surface area contributed by atoms with E-state index in [4.69, 9.17) is 0 Å². The molecule has 0 aliphatic rings. The van der Waals surface area contributed by atoms with Crippen LogP contribution in [0.2, 0.25) is 0 Å². The van der Waals surface area contributed by atoms with Gasteiger partial charge in [0.15, 0.2) is 0 Å². The number of rotatable bonds is 3. The third kappa shape index (κ3) is 1.62. The molecule has 0 atom stereocenters. The van der Waals surface area contributed by atoms with Crippen molar-refractivity contribution >= 4 is 18.1 Å². The molecule has 0 unspecified atom stereocenters. The molecule has 0 aliphatic heterocycles. The Morgan fingerprint density at radius 1 is 1.42 bits per heavy atom. The molecule has 0 radical (unpaired) electrons. The van der Waals surface area contributed by atoms with Gasteiger partial charge in [0.05, 0.1) is 11.4 Å². The van der Waals surface area contributed by atoms with Crippen molar-refractivity contribution in [3.63, 3.8) is 0 Å². The quantitative estimate of drug-likeness (QED) is 0.541. The number of hydrogen-bond acceptors (Lipinski definition) is 3. The highest BCUT2D eigenvalue weighted by molar-refractivity contribution is 5.67. The minimum absolute atomic E-state index is 0.884. The molecular formula is C9H13N3. The number of nitrogens with one attached hydrogen (secondary N) is 1. The molecule has 0 heterocycles. The van der Waals surface area contributed by atoms with E-state index in [-0.39, 0.29) is 0 Å². The van der Waals surface area contributed by atoms with Crippen molar-refractivity contribution in [3.8, 4) is 0 Å². The molecule has 1 aromatic rings. The Hall–Kier alpha value is -1.35. The summed E-state index contributed by atoms with van der Waals surface area (Å²) in [6.07, 6.45) is 0. The van der Waals surface area contributed by atoms with Crippen LogP contribution >= 0.6 is 0 Å². The van der Waals surface area contributed by atoms with Crippen LogP contribution in [0.3, 0.4) is 0 Å². The molecule has 1 aromatic carbocycles. The minimum Gasteiger partial charge on any atom is -0.310 e. The number of aliphatic imine (C=N–C) groups is 1. The lowest BCUT2D eigenvalue weighted by Crippen LogP contribution is -2.30. The fraction of sp³-hybridized carbons (Fsp3) is 0.222. The van der Waals surface area contributed by atoms with E-state index in [1.54, 1.807) is 0 Å². The summed E-state index contributed by atoms with van der Waals surface area (Å²) in [5.41, 5.74) is 4.91. The molecule has 1 rings (SSSR count). The first kappa shape index (κ1) is 8.74. The van der Waals surface area contributed by atoms with Gasteiger partial charge in [-0.15, -0.1) is 0 Å². The first-order chi connectivity index (χ1) is 5.79. The highest BCUT2D eigenvalue weighted by Gasteiger charge is 2.01. The molecule has 1 N–H and O–H groups in total. The second-order valence-corrected chi connectivity index (χ2v) is 2.43. The van der Waals surface area contributed by atoms with Crippen molar-refractivity contribution in [2.45, 2.75) is 0 Å². The van der Waals surface area contributed by atoms with E-state index in [9.17, 15) is 0 Å². The van der Waals surface area contributed by atoms with Crippen molar-refractivity contribution in [2.24, 2.45) is 4.99 Å². The molecule has 0 amide bonds. The zero-order valence-electron chi connectivity index (χ0n) is 7.41. The van der Waals surface area contributed by atoms with Gasteiger partial charge in [0.25, 0.3) is 0 Å². The summed E-state index contributed by atoms with van der Waals surface area (Å²) in [6, 6.07) is 7.82. The van der Waals surface area contributed by atoms with E-state index >= 15 is 0 Å². The number of benzene rings is 1. The summed E-state index contributed by atoms with van der Waals surface area (Å²) in [5.74, 6) is 0. The lowest BCUT2D eigenvalue weighted by Gasteiger charge is -2.18. The summed E-state index contributed by atoms with van der Waals surface area (Å²) in [5, 5.41) is 1.89. The van der Waals surface area contributed by atoms with Crippen LogP contribution in [-0.4, -0.2) is 20.8 Å². The molecule has 0 aliphatic carbocycles. The summed E-state index contributed by atoms with van der Waals surface area (Å²) < 4.78 is 0. The van der Waals surface area contributed by atoms with Gasteiger partial charge >= 0.3 is 0 Å². The highest BCUT2D eigenvalue weighted by Crippen LogP contribution is 2.25. The maximum absolute atomic E-state index is 3.91. The van der Waals surface area contributed by atoms with Crippen LogP contribution < -0.4 is 10.4 Å². The topological polar surface area (TPSA) is 27.6 Å². The monoisotopic (exact) mass is 163 g/mol. The normalized spacial score (nSPS) is 9.50. The fourth-order valence-corrected chi connectivity index (χ4v) is 1.00. The first-order valence-electron chi connectivity index (χ1n) is 3.76. The van der Waals surface area contributed by atoms with Crippen molar-refractivity contribution in [1.29, 1.82) is 0 Å². The highest BCUT2D eigenvalue weighted by atomic mass is 15.5. The number of hydrazine groups is 1. The second-order valence-electron chi connectivity index (χ2n) is 2.43. The van der Waals surface area contributed by atoms with E-state index < -0.39 is 0 Å². The van der Waals surface area contributed by atoms with Gasteiger partial charge in [-0.3, -0.25) is 4.99 Å². The smallest absolute Gasteiger partial charge is 0.0869 e. The Labute approximate surface area is 72.7 Å². The van der Waals surface area contributed by atoms with Gasteiger partial charge in [0.1, 0.15) is 0 Å². The third-order valence-corrected chi connectivity index (χ3v) is 1.75. The summed E-state index contributed by atoms with van der Waals surface area (Å²) in [6.45, 7) is 3.50. The van der Waals surface area contributed by atoms with Crippen molar-refractivity contribution < 1.29 is 0 Å². The van der Waals surface area contributed by atoms with Crippen LogP contribution in [0.15, 0.2) is 29.3 Å². The van der Waals surface area contributed by atoms with E-state index in [1.165, 1.54) is 0 Å². The second kappa shape index (κ2) is 3.88. The Balaban J connectivity index is 3.04. The summed E-state index contributed by atoms with van der Waals surface area (Å²) in [4.78, 5) is 3.91. The minimum atomic E-state index is 0.884. The molecule has 3 heteroatoms. The van der Waals surface area contributed by atoms with E-state index in [0.717, 1.165) is 11.4 Å². The molecule has 3 nitrogen and oxygen atoms in total. The molecule has 0 bridgehead atoms. The van der Waals surface area contributed by atoms with Crippen LogP contribution in [-0.2, 0) is 0 Å². The van der Waals surface area contributed by atoms with Crippen molar-refractivity contribution in [1.82, 2.24) is 5.43 Å². The van der Waals surface area contributed by atoms with Crippen LogP contribution in [0, 0.1) is 0 Å². The maximum atomic E-state index is 3.91. The molecule has 0 fully saturated rings. The largest absolute Gasteiger partial charge is 0.310 e. The lowest BCUT2D eigenvalue weighted by molar-refractivity contribution is 0.792. The van der Waals surface area contributed by atoms with Gasteiger partial charge in [-0.25, -0.2) is 5.43 Å². The Morgan fingerprint density at radius 3 is 2.67 bits per heavy atom. The molecular weight excluding hydrogens is 150 g/mol. The van der Waals surface area contributed by atoms with E-state index in [2.05, 4.69) is 17.1 Å².